The van der Waals surface area contributed by atoms with E-state index in [0.717, 1.165) is 58.7 Å². The third-order valence-corrected chi connectivity index (χ3v) is 6.27. The van der Waals surface area contributed by atoms with Crippen LogP contribution in [0.25, 0.3) is 0 Å². The van der Waals surface area contributed by atoms with Gasteiger partial charge in [-0.05, 0) is 57.7 Å². The topological polar surface area (TPSA) is 62.0 Å². The quantitative estimate of drug-likeness (QED) is 0.784. The van der Waals surface area contributed by atoms with E-state index in [4.69, 9.17) is 10.5 Å². The monoisotopic (exact) mass is 404 g/mol. The third kappa shape index (κ3) is 4.44. The van der Waals surface area contributed by atoms with Crippen LogP contribution in [0, 0.1) is 17.2 Å². The molecule has 160 valence electrons. The Balaban J connectivity index is 1.18. The lowest BCUT2D eigenvalue weighted by Gasteiger charge is -2.61. The molecule has 29 heavy (non-hydrogen) atoms. The van der Waals surface area contributed by atoms with Crippen LogP contribution in [-0.2, 0) is 4.74 Å². The molecule has 3 heterocycles. The molecule has 1 aromatic rings. The minimum absolute atomic E-state index is 0.191. The molecule has 3 aliphatic rings. The lowest BCUT2D eigenvalue weighted by Crippen LogP contribution is -2.72. The molecule has 0 unspecified atom stereocenters. The van der Waals surface area contributed by atoms with Crippen molar-refractivity contribution < 1.29 is 13.9 Å². The van der Waals surface area contributed by atoms with Gasteiger partial charge < -0.3 is 25.2 Å². The molecule has 0 bridgehead atoms. The van der Waals surface area contributed by atoms with Crippen LogP contribution in [0.3, 0.4) is 0 Å². The molecule has 6 nitrogen and oxygen atoms in total. The molecule has 1 aromatic carbocycles. The predicted octanol–water partition coefficient (Wildman–Crippen LogP) is 3.18. The van der Waals surface area contributed by atoms with Crippen molar-refractivity contribution in [3.8, 4) is 0 Å². The number of nitrogens with zero attached hydrogens (tertiary/aromatic N) is 3. The average Bonchev–Trinajstić information content (AvgIpc) is 2.55. The van der Waals surface area contributed by atoms with Gasteiger partial charge >= 0.3 is 6.09 Å². The van der Waals surface area contributed by atoms with Gasteiger partial charge in [-0.2, -0.15) is 0 Å². The summed E-state index contributed by atoms with van der Waals surface area (Å²) in [5.41, 5.74) is 6.66. The van der Waals surface area contributed by atoms with Crippen molar-refractivity contribution in [2.45, 2.75) is 39.2 Å². The Kier molecular flexibility index (Phi) is 5.13. The molecular formula is C22H33FN4O2. The van der Waals surface area contributed by atoms with Crippen LogP contribution < -0.4 is 10.6 Å². The molecule has 3 aliphatic heterocycles. The van der Waals surface area contributed by atoms with Crippen molar-refractivity contribution >= 4 is 17.5 Å². The summed E-state index contributed by atoms with van der Waals surface area (Å²) < 4.78 is 19.6. The van der Waals surface area contributed by atoms with Crippen LogP contribution in [0.1, 0.15) is 33.6 Å². The Morgan fingerprint density at radius 3 is 2.45 bits per heavy atom. The number of carbonyl (C=O) groups is 1. The number of benzene rings is 1. The number of halogens is 1. The molecule has 4 rings (SSSR count). The van der Waals surface area contributed by atoms with Crippen molar-refractivity contribution in [3.63, 3.8) is 0 Å². The van der Waals surface area contributed by atoms with Crippen LogP contribution in [0.15, 0.2) is 18.2 Å². The van der Waals surface area contributed by atoms with Crippen molar-refractivity contribution in [2.75, 3.05) is 56.4 Å². The zero-order chi connectivity index (χ0) is 20.8. The van der Waals surface area contributed by atoms with Crippen molar-refractivity contribution in [1.82, 2.24) is 9.80 Å². The molecule has 0 radical (unpaired) electrons. The summed E-state index contributed by atoms with van der Waals surface area (Å²) in [5.74, 6) is 0.407. The van der Waals surface area contributed by atoms with Gasteiger partial charge in [-0.3, -0.25) is 0 Å². The van der Waals surface area contributed by atoms with Crippen molar-refractivity contribution in [3.05, 3.63) is 24.0 Å². The number of piperidine rings is 1. The molecule has 3 fully saturated rings. The van der Waals surface area contributed by atoms with Gasteiger partial charge in [0.15, 0.2) is 0 Å². The van der Waals surface area contributed by atoms with Gasteiger partial charge in [-0.25, -0.2) is 9.18 Å². The summed E-state index contributed by atoms with van der Waals surface area (Å²) in [6.45, 7) is 12.4. The normalized spacial score (nSPS) is 22.3. The number of nitrogens with two attached hydrogens (primary N) is 1. The van der Waals surface area contributed by atoms with E-state index in [9.17, 15) is 9.18 Å². The van der Waals surface area contributed by atoms with Gasteiger partial charge in [0.05, 0.1) is 5.69 Å². The summed E-state index contributed by atoms with van der Waals surface area (Å²) in [4.78, 5) is 18.7. The minimum Gasteiger partial charge on any atom is -0.444 e. The van der Waals surface area contributed by atoms with Gasteiger partial charge in [0.25, 0.3) is 0 Å². The standard InChI is InChI=1S/C22H33FN4O2/c1-21(2,3)29-20(28)26-8-6-16(7-9-26)11-25-12-22(13-25)14-27(15-22)19-5-4-17(24)10-18(19)23/h4-5,10,16H,6-9,11-15,24H2,1-3H3. The van der Waals surface area contributed by atoms with Gasteiger partial charge in [-0.15, -0.1) is 0 Å². The molecule has 0 atom stereocenters. The number of likely N-dealkylation sites (tertiary alicyclic amines) is 2. The summed E-state index contributed by atoms with van der Waals surface area (Å²) in [6.07, 6.45) is 1.88. The maximum Gasteiger partial charge on any atom is 0.410 e. The molecule has 0 aromatic heterocycles. The average molecular weight is 405 g/mol. The highest BCUT2D eigenvalue weighted by molar-refractivity contribution is 5.68. The van der Waals surface area contributed by atoms with Gasteiger partial charge in [0, 0.05) is 56.9 Å². The van der Waals surface area contributed by atoms with Gasteiger partial charge in [0.1, 0.15) is 11.4 Å². The second-order valence-corrected chi connectivity index (χ2v) is 10.1. The molecule has 7 heteroatoms. The minimum atomic E-state index is -0.439. The fraction of sp³-hybridized carbons (Fsp3) is 0.682. The molecule has 0 aliphatic carbocycles. The van der Waals surface area contributed by atoms with E-state index in [1.165, 1.54) is 6.07 Å². The summed E-state index contributed by atoms with van der Waals surface area (Å²) in [6, 6.07) is 4.95. The van der Waals surface area contributed by atoms with E-state index in [-0.39, 0.29) is 11.9 Å². The predicted molar refractivity (Wildman–Crippen MR) is 112 cm³/mol. The highest BCUT2D eigenvalue weighted by Gasteiger charge is 2.52. The third-order valence-electron chi connectivity index (χ3n) is 6.27. The van der Waals surface area contributed by atoms with E-state index in [1.807, 2.05) is 25.7 Å². The number of anilines is 2. The molecule has 0 saturated carbocycles. The summed E-state index contributed by atoms with van der Waals surface area (Å²) >= 11 is 0. The number of amides is 1. The van der Waals surface area contributed by atoms with Gasteiger partial charge in [-0.1, -0.05) is 0 Å². The first-order chi connectivity index (χ1) is 13.6. The van der Waals surface area contributed by atoms with Crippen LogP contribution >= 0.6 is 0 Å². The summed E-state index contributed by atoms with van der Waals surface area (Å²) in [5, 5.41) is 0. The first kappa shape index (κ1) is 20.3. The van der Waals surface area contributed by atoms with E-state index < -0.39 is 5.60 Å². The Morgan fingerprint density at radius 1 is 1.21 bits per heavy atom. The van der Waals surface area contributed by atoms with E-state index in [1.54, 1.807) is 12.1 Å². The number of ether oxygens (including phenoxy) is 1. The number of rotatable bonds is 3. The zero-order valence-corrected chi connectivity index (χ0v) is 17.8. The first-order valence-electron chi connectivity index (χ1n) is 10.6. The Bertz CT molecular complexity index is 757. The number of hydrogen-bond donors (Lipinski definition) is 1. The molecule has 2 N–H and O–H groups in total. The van der Waals surface area contributed by atoms with Crippen molar-refractivity contribution in [2.24, 2.45) is 11.3 Å². The zero-order valence-electron chi connectivity index (χ0n) is 17.8. The second-order valence-electron chi connectivity index (χ2n) is 10.1. The second kappa shape index (κ2) is 7.35. The smallest absolute Gasteiger partial charge is 0.410 e. The highest BCUT2D eigenvalue weighted by atomic mass is 19.1. The van der Waals surface area contributed by atoms with Crippen LogP contribution in [0.2, 0.25) is 0 Å². The lowest BCUT2D eigenvalue weighted by atomic mass is 9.72. The largest absolute Gasteiger partial charge is 0.444 e. The summed E-state index contributed by atoms with van der Waals surface area (Å²) in [7, 11) is 0. The number of hydrogen-bond acceptors (Lipinski definition) is 5. The Morgan fingerprint density at radius 2 is 1.86 bits per heavy atom. The highest BCUT2D eigenvalue weighted by Crippen LogP contribution is 2.43. The van der Waals surface area contributed by atoms with E-state index >= 15 is 0 Å². The number of carbonyl (C=O) groups excluding carboxylic acids is 1. The number of nitrogen functional groups attached to an aromatic ring is 1. The van der Waals surface area contributed by atoms with Crippen LogP contribution in [-0.4, -0.2) is 67.3 Å². The SMILES string of the molecule is CC(C)(C)OC(=O)N1CCC(CN2CC3(C2)CN(c2ccc(N)cc2F)C3)CC1. The van der Waals surface area contributed by atoms with E-state index in [0.29, 0.717) is 22.7 Å². The Hall–Kier alpha value is -2.02. The lowest BCUT2D eigenvalue weighted by molar-refractivity contribution is -0.0370. The maximum absolute atomic E-state index is 14.1. The maximum atomic E-state index is 14.1. The first-order valence-corrected chi connectivity index (χ1v) is 10.6. The molecule has 1 amide bonds. The Labute approximate surface area is 172 Å². The fourth-order valence-electron chi connectivity index (χ4n) is 4.93. The fourth-order valence-corrected chi connectivity index (χ4v) is 4.93. The van der Waals surface area contributed by atoms with E-state index in [2.05, 4.69) is 9.80 Å². The van der Waals surface area contributed by atoms with Gasteiger partial charge in [0.2, 0.25) is 0 Å². The molecular weight excluding hydrogens is 371 g/mol. The van der Waals surface area contributed by atoms with Crippen molar-refractivity contribution in [1.29, 1.82) is 0 Å². The van der Waals surface area contributed by atoms with Crippen LogP contribution in [0.5, 0.6) is 0 Å². The molecule has 1 spiro atoms. The molecule has 3 saturated heterocycles. The van der Waals surface area contributed by atoms with Crippen LogP contribution in [0.4, 0.5) is 20.6 Å².